The van der Waals surface area contributed by atoms with Crippen LogP contribution in [0.25, 0.3) is 0 Å². The quantitative estimate of drug-likeness (QED) is 0.683. The lowest BCUT2D eigenvalue weighted by atomic mass is 10.1. The van der Waals surface area contributed by atoms with Gasteiger partial charge in [-0.3, -0.25) is 9.52 Å². The highest BCUT2D eigenvalue weighted by molar-refractivity contribution is 7.92. The molecule has 0 aromatic heterocycles. The normalized spacial score (nSPS) is 10.9. The molecule has 2 aromatic carbocycles. The Morgan fingerprint density at radius 3 is 2.26 bits per heavy atom. The highest BCUT2D eigenvalue weighted by Gasteiger charge is 2.07. The third kappa shape index (κ3) is 7.18. The fourth-order valence-electron chi connectivity index (χ4n) is 2.52. The number of aryl methyl sites for hydroxylation is 1. The standard InChI is InChI=1S/C19H24N2O5S/c1-25-17-10-14(11-18(12-17)26-2)7-8-19(22)20-13-15-5-4-6-16(9-15)21-27(3,23)24/h4-6,9-12,21H,7-8,13H2,1-3H3,(H,20,22). The van der Waals surface area contributed by atoms with Gasteiger partial charge in [0.15, 0.2) is 0 Å². The molecule has 2 N–H and O–H groups in total. The summed E-state index contributed by atoms with van der Waals surface area (Å²) in [6.45, 7) is 0.319. The second-order valence-electron chi connectivity index (χ2n) is 6.07. The van der Waals surface area contributed by atoms with E-state index in [4.69, 9.17) is 9.47 Å². The Morgan fingerprint density at radius 2 is 1.67 bits per heavy atom. The summed E-state index contributed by atoms with van der Waals surface area (Å²) in [4.78, 5) is 12.1. The van der Waals surface area contributed by atoms with Crippen LogP contribution in [0.1, 0.15) is 17.5 Å². The van der Waals surface area contributed by atoms with Crippen molar-refractivity contribution < 1.29 is 22.7 Å². The van der Waals surface area contributed by atoms with Gasteiger partial charge in [-0.2, -0.15) is 0 Å². The van der Waals surface area contributed by atoms with Gasteiger partial charge in [-0.05, 0) is 41.8 Å². The van der Waals surface area contributed by atoms with Gasteiger partial charge in [0.2, 0.25) is 15.9 Å². The number of hydrogen-bond acceptors (Lipinski definition) is 5. The predicted molar refractivity (Wildman–Crippen MR) is 105 cm³/mol. The number of methoxy groups -OCH3 is 2. The van der Waals surface area contributed by atoms with Crippen molar-refractivity contribution in [2.75, 3.05) is 25.2 Å². The Balaban J connectivity index is 1.89. The molecule has 2 rings (SSSR count). The van der Waals surface area contributed by atoms with Gasteiger partial charge in [0.05, 0.1) is 20.5 Å². The molecule has 0 radical (unpaired) electrons. The van der Waals surface area contributed by atoms with Crippen molar-refractivity contribution in [3.8, 4) is 11.5 Å². The van der Waals surface area contributed by atoms with Crippen LogP contribution in [0.4, 0.5) is 5.69 Å². The van der Waals surface area contributed by atoms with Crippen molar-refractivity contribution in [1.29, 1.82) is 0 Å². The molecule has 0 aliphatic heterocycles. The number of nitrogens with one attached hydrogen (secondary N) is 2. The molecule has 0 bridgehead atoms. The van der Waals surface area contributed by atoms with Gasteiger partial charge in [-0.25, -0.2) is 8.42 Å². The summed E-state index contributed by atoms with van der Waals surface area (Å²) in [5, 5.41) is 2.84. The van der Waals surface area contributed by atoms with E-state index >= 15 is 0 Å². The maximum Gasteiger partial charge on any atom is 0.229 e. The molecule has 0 fully saturated rings. The van der Waals surface area contributed by atoms with E-state index in [9.17, 15) is 13.2 Å². The molecular weight excluding hydrogens is 368 g/mol. The van der Waals surface area contributed by atoms with E-state index < -0.39 is 10.0 Å². The van der Waals surface area contributed by atoms with Crippen LogP contribution in [0.2, 0.25) is 0 Å². The van der Waals surface area contributed by atoms with Crippen molar-refractivity contribution in [2.24, 2.45) is 0 Å². The molecule has 0 heterocycles. The largest absolute Gasteiger partial charge is 0.497 e. The number of anilines is 1. The Kier molecular flexibility index (Phi) is 7.06. The number of rotatable bonds is 9. The van der Waals surface area contributed by atoms with Crippen LogP contribution in [-0.4, -0.2) is 34.8 Å². The van der Waals surface area contributed by atoms with Crippen LogP contribution in [0.3, 0.4) is 0 Å². The summed E-state index contributed by atoms with van der Waals surface area (Å²) >= 11 is 0. The van der Waals surface area contributed by atoms with Gasteiger partial charge < -0.3 is 14.8 Å². The van der Waals surface area contributed by atoms with E-state index in [1.807, 2.05) is 18.2 Å². The maximum absolute atomic E-state index is 12.1. The van der Waals surface area contributed by atoms with Crippen molar-refractivity contribution in [2.45, 2.75) is 19.4 Å². The van der Waals surface area contributed by atoms with Gasteiger partial charge in [0, 0.05) is 24.7 Å². The third-order valence-electron chi connectivity index (χ3n) is 3.77. The molecule has 27 heavy (non-hydrogen) atoms. The van der Waals surface area contributed by atoms with E-state index in [0.717, 1.165) is 17.4 Å². The Morgan fingerprint density at radius 1 is 1.00 bits per heavy atom. The van der Waals surface area contributed by atoms with Crippen LogP contribution in [0.15, 0.2) is 42.5 Å². The molecule has 0 saturated heterocycles. The maximum atomic E-state index is 12.1. The summed E-state index contributed by atoms with van der Waals surface area (Å²) in [6.07, 6.45) is 1.96. The van der Waals surface area contributed by atoms with Crippen LogP contribution in [0, 0.1) is 0 Å². The molecule has 2 aromatic rings. The second-order valence-corrected chi connectivity index (χ2v) is 7.82. The van der Waals surface area contributed by atoms with Crippen molar-refractivity contribution >= 4 is 21.6 Å². The lowest BCUT2D eigenvalue weighted by molar-refractivity contribution is -0.121. The monoisotopic (exact) mass is 392 g/mol. The van der Waals surface area contributed by atoms with Gasteiger partial charge in [0.25, 0.3) is 0 Å². The van der Waals surface area contributed by atoms with Crippen LogP contribution in [-0.2, 0) is 27.8 Å². The second kappa shape index (κ2) is 9.27. The molecule has 0 atom stereocenters. The lowest BCUT2D eigenvalue weighted by Gasteiger charge is -2.10. The highest BCUT2D eigenvalue weighted by Crippen LogP contribution is 2.23. The van der Waals surface area contributed by atoms with E-state index in [2.05, 4.69) is 10.0 Å². The molecule has 0 unspecified atom stereocenters. The number of amides is 1. The molecule has 1 amide bonds. The van der Waals surface area contributed by atoms with Crippen molar-refractivity contribution in [3.05, 3.63) is 53.6 Å². The van der Waals surface area contributed by atoms with Crippen LogP contribution in [0.5, 0.6) is 11.5 Å². The zero-order valence-electron chi connectivity index (χ0n) is 15.6. The highest BCUT2D eigenvalue weighted by atomic mass is 32.2. The molecular formula is C19H24N2O5S. The zero-order valence-corrected chi connectivity index (χ0v) is 16.4. The summed E-state index contributed by atoms with van der Waals surface area (Å²) in [5.41, 5.74) is 2.22. The number of ether oxygens (including phenoxy) is 2. The lowest BCUT2D eigenvalue weighted by Crippen LogP contribution is -2.23. The minimum atomic E-state index is -3.33. The van der Waals surface area contributed by atoms with Crippen LogP contribution < -0.4 is 19.5 Å². The first kappa shape index (κ1) is 20.6. The number of carbonyl (C=O) groups excluding carboxylic acids is 1. The molecule has 0 spiro atoms. The molecule has 146 valence electrons. The molecule has 7 nitrogen and oxygen atoms in total. The Bertz CT molecular complexity index is 874. The number of sulfonamides is 1. The van der Waals surface area contributed by atoms with Gasteiger partial charge in [-0.1, -0.05) is 12.1 Å². The summed E-state index contributed by atoms with van der Waals surface area (Å²) in [7, 11) is -0.171. The fraction of sp³-hybridized carbons (Fsp3) is 0.316. The molecule has 0 aliphatic carbocycles. The van der Waals surface area contributed by atoms with E-state index in [1.165, 1.54) is 0 Å². The third-order valence-corrected chi connectivity index (χ3v) is 4.38. The van der Waals surface area contributed by atoms with Crippen LogP contribution >= 0.6 is 0 Å². The van der Waals surface area contributed by atoms with E-state index in [1.54, 1.807) is 38.5 Å². The van der Waals surface area contributed by atoms with Gasteiger partial charge >= 0.3 is 0 Å². The Labute approximate surface area is 159 Å². The van der Waals surface area contributed by atoms with E-state index in [-0.39, 0.29) is 5.91 Å². The number of hydrogen-bond donors (Lipinski definition) is 2. The number of carbonyl (C=O) groups is 1. The summed E-state index contributed by atoms with van der Waals surface area (Å²) in [6, 6.07) is 12.4. The van der Waals surface area contributed by atoms with Crippen molar-refractivity contribution in [1.82, 2.24) is 5.32 Å². The van der Waals surface area contributed by atoms with Gasteiger partial charge in [-0.15, -0.1) is 0 Å². The average molecular weight is 392 g/mol. The SMILES string of the molecule is COc1cc(CCC(=O)NCc2cccc(NS(C)(=O)=O)c2)cc(OC)c1. The molecule has 0 aliphatic rings. The first-order valence-electron chi connectivity index (χ1n) is 8.34. The molecule has 8 heteroatoms. The minimum Gasteiger partial charge on any atom is -0.497 e. The predicted octanol–water partition coefficient (Wildman–Crippen LogP) is 2.32. The summed E-state index contributed by atoms with van der Waals surface area (Å²) in [5.74, 6) is 1.26. The first-order valence-corrected chi connectivity index (χ1v) is 10.2. The fourth-order valence-corrected chi connectivity index (χ4v) is 3.07. The Hall–Kier alpha value is -2.74. The van der Waals surface area contributed by atoms with E-state index in [0.29, 0.717) is 36.6 Å². The smallest absolute Gasteiger partial charge is 0.229 e. The van der Waals surface area contributed by atoms with Gasteiger partial charge in [0.1, 0.15) is 11.5 Å². The number of benzene rings is 2. The zero-order chi connectivity index (χ0) is 19.9. The topological polar surface area (TPSA) is 93.7 Å². The first-order chi connectivity index (χ1) is 12.8. The summed E-state index contributed by atoms with van der Waals surface area (Å²) < 4.78 is 35.4. The molecule has 0 saturated carbocycles. The average Bonchev–Trinajstić information content (AvgIpc) is 2.63. The van der Waals surface area contributed by atoms with Crippen molar-refractivity contribution in [3.63, 3.8) is 0 Å². The minimum absolute atomic E-state index is 0.0988.